The highest BCUT2D eigenvalue weighted by molar-refractivity contribution is 5.35. The van der Waals surface area contributed by atoms with Crippen molar-refractivity contribution in [1.82, 2.24) is 10.2 Å². The average Bonchev–Trinajstić information content (AvgIpc) is 2.45. The van der Waals surface area contributed by atoms with E-state index in [1.54, 1.807) is 18.2 Å². The minimum absolute atomic E-state index is 0.0616. The molecule has 0 bridgehead atoms. The molecule has 0 spiro atoms. The Hall–Kier alpha value is -2.15. The second-order valence-electron chi connectivity index (χ2n) is 4.13. The molecule has 20 heavy (non-hydrogen) atoms. The van der Waals surface area contributed by atoms with Crippen LogP contribution in [0.4, 0.5) is 19.0 Å². The lowest BCUT2D eigenvalue weighted by atomic mass is 10.1. The van der Waals surface area contributed by atoms with Crippen LogP contribution in [0.15, 0.2) is 36.4 Å². The standard InChI is InChI=1S/C13H12F3N3O/c14-13(15,16)11-4-5-12(19-18-11)17-7-9-2-1-3-10(6-9)8-20/h1-6,20H,7-8H2,(H,17,19). The van der Waals surface area contributed by atoms with Gasteiger partial charge < -0.3 is 10.4 Å². The number of nitrogens with one attached hydrogen (secondary N) is 1. The number of aromatic nitrogens is 2. The molecule has 0 aliphatic carbocycles. The second kappa shape index (κ2) is 5.87. The monoisotopic (exact) mass is 283 g/mol. The first-order chi connectivity index (χ1) is 9.49. The number of benzene rings is 1. The van der Waals surface area contributed by atoms with Gasteiger partial charge in [-0.1, -0.05) is 24.3 Å². The van der Waals surface area contributed by atoms with Gasteiger partial charge in [0.2, 0.25) is 0 Å². The maximum atomic E-state index is 12.3. The zero-order valence-electron chi connectivity index (χ0n) is 10.4. The Morgan fingerprint density at radius 1 is 1.05 bits per heavy atom. The van der Waals surface area contributed by atoms with Gasteiger partial charge >= 0.3 is 6.18 Å². The van der Waals surface area contributed by atoms with Crippen molar-refractivity contribution in [3.63, 3.8) is 0 Å². The summed E-state index contributed by atoms with van der Waals surface area (Å²) in [5.74, 6) is 0.257. The molecule has 4 nitrogen and oxygen atoms in total. The Morgan fingerprint density at radius 3 is 2.40 bits per heavy atom. The Bertz CT molecular complexity index is 570. The summed E-state index contributed by atoms with van der Waals surface area (Å²) in [6.07, 6.45) is -4.49. The van der Waals surface area contributed by atoms with Crippen molar-refractivity contribution in [2.45, 2.75) is 19.3 Å². The summed E-state index contributed by atoms with van der Waals surface area (Å²) in [4.78, 5) is 0. The molecule has 0 aliphatic rings. The molecule has 1 heterocycles. The van der Waals surface area contributed by atoms with E-state index in [1.807, 2.05) is 6.07 Å². The molecule has 2 aromatic rings. The normalized spacial score (nSPS) is 11.4. The number of hydrogen-bond acceptors (Lipinski definition) is 4. The smallest absolute Gasteiger partial charge is 0.392 e. The number of hydrogen-bond donors (Lipinski definition) is 2. The fourth-order valence-electron chi connectivity index (χ4n) is 1.61. The average molecular weight is 283 g/mol. The fourth-order valence-corrected chi connectivity index (χ4v) is 1.61. The number of halogens is 3. The topological polar surface area (TPSA) is 58.0 Å². The molecule has 0 unspecified atom stereocenters. The number of nitrogens with zero attached hydrogens (tertiary/aromatic N) is 2. The molecule has 0 saturated carbocycles. The Kier molecular flexibility index (Phi) is 4.19. The van der Waals surface area contributed by atoms with Crippen molar-refractivity contribution in [3.8, 4) is 0 Å². The molecule has 7 heteroatoms. The summed E-state index contributed by atoms with van der Waals surface area (Å²) in [5, 5.41) is 18.5. The largest absolute Gasteiger partial charge is 0.435 e. The molecular weight excluding hydrogens is 271 g/mol. The molecule has 106 valence electrons. The third-order valence-corrected chi connectivity index (χ3v) is 2.60. The van der Waals surface area contributed by atoms with E-state index in [2.05, 4.69) is 15.5 Å². The maximum Gasteiger partial charge on any atom is 0.435 e. The molecule has 2 N–H and O–H groups in total. The molecule has 0 amide bonds. The summed E-state index contributed by atoms with van der Waals surface area (Å²) in [7, 11) is 0. The molecule has 1 aromatic heterocycles. The van der Waals surface area contributed by atoms with Gasteiger partial charge in [-0.25, -0.2) is 0 Å². The lowest BCUT2D eigenvalue weighted by Crippen LogP contribution is -2.10. The van der Waals surface area contributed by atoms with Crippen molar-refractivity contribution in [2.24, 2.45) is 0 Å². The second-order valence-corrected chi connectivity index (χ2v) is 4.13. The number of anilines is 1. The molecule has 0 radical (unpaired) electrons. The lowest BCUT2D eigenvalue weighted by molar-refractivity contribution is -0.141. The quantitative estimate of drug-likeness (QED) is 0.905. The summed E-state index contributed by atoms with van der Waals surface area (Å²) >= 11 is 0. The molecule has 0 aliphatic heterocycles. The van der Waals surface area contributed by atoms with Gasteiger partial charge in [0.1, 0.15) is 5.82 Å². The number of rotatable bonds is 4. The van der Waals surface area contributed by atoms with E-state index in [-0.39, 0.29) is 12.4 Å². The third kappa shape index (κ3) is 3.67. The van der Waals surface area contributed by atoms with Gasteiger partial charge in [-0.2, -0.15) is 13.2 Å². The zero-order chi connectivity index (χ0) is 14.6. The van der Waals surface area contributed by atoms with Crippen LogP contribution in [0.3, 0.4) is 0 Å². The predicted molar refractivity (Wildman–Crippen MR) is 66.7 cm³/mol. The van der Waals surface area contributed by atoms with Crippen LogP contribution in [0, 0.1) is 0 Å². The van der Waals surface area contributed by atoms with Crippen LogP contribution in [0.1, 0.15) is 16.8 Å². The van der Waals surface area contributed by atoms with Crippen LogP contribution in [-0.2, 0) is 19.3 Å². The van der Waals surface area contributed by atoms with Gasteiger partial charge in [0.15, 0.2) is 5.69 Å². The lowest BCUT2D eigenvalue weighted by Gasteiger charge is -2.08. The minimum Gasteiger partial charge on any atom is -0.392 e. The highest BCUT2D eigenvalue weighted by atomic mass is 19.4. The summed E-state index contributed by atoms with van der Waals surface area (Å²) in [6.45, 7) is 0.321. The molecule has 2 rings (SSSR count). The van der Waals surface area contributed by atoms with E-state index in [0.29, 0.717) is 6.54 Å². The predicted octanol–water partition coefficient (Wildman–Crippen LogP) is 2.60. The first kappa shape index (κ1) is 14.3. The Labute approximate surface area is 113 Å². The summed E-state index contributed by atoms with van der Waals surface area (Å²) in [6, 6.07) is 9.31. The molecule has 1 aromatic carbocycles. The van der Waals surface area contributed by atoms with Crippen molar-refractivity contribution in [3.05, 3.63) is 53.2 Å². The number of aliphatic hydroxyl groups excluding tert-OH is 1. The Balaban J connectivity index is 2.00. The van der Waals surface area contributed by atoms with Crippen LogP contribution in [0.25, 0.3) is 0 Å². The van der Waals surface area contributed by atoms with E-state index < -0.39 is 11.9 Å². The van der Waals surface area contributed by atoms with E-state index in [0.717, 1.165) is 17.2 Å². The van der Waals surface area contributed by atoms with Gasteiger partial charge in [-0.3, -0.25) is 0 Å². The van der Waals surface area contributed by atoms with E-state index in [9.17, 15) is 13.2 Å². The molecule has 0 fully saturated rings. The molecular formula is C13H12F3N3O. The van der Waals surface area contributed by atoms with Crippen LogP contribution in [-0.4, -0.2) is 15.3 Å². The van der Waals surface area contributed by atoms with Crippen molar-refractivity contribution < 1.29 is 18.3 Å². The van der Waals surface area contributed by atoms with Gasteiger partial charge in [-0.05, 0) is 23.3 Å². The number of aliphatic hydroxyl groups is 1. The minimum atomic E-state index is -4.49. The first-order valence-electron chi connectivity index (χ1n) is 5.82. The van der Waals surface area contributed by atoms with Crippen LogP contribution in [0.2, 0.25) is 0 Å². The van der Waals surface area contributed by atoms with Gasteiger partial charge in [0.05, 0.1) is 6.61 Å². The summed E-state index contributed by atoms with van der Waals surface area (Å²) < 4.78 is 36.9. The number of alkyl halides is 3. The Morgan fingerprint density at radius 2 is 1.80 bits per heavy atom. The maximum absolute atomic E-state index is 12.3. The van der Waals surface area contributed by atoms with Gasteiger partial charge in [-0.15, -0.1) is 10.2 Å². The van der Waals surface area contributed by atoms with Crippen molar-refractivity contribution >= 4 is 5.82 Å². The fraction of sp³-hybridized carbons (Fsp3) is 0.231. The highest BCUT2D eigenvalue weighted by Gasteiger charge is 2.32. The summed E-state index contributed by atoms with van der Waals surface area (Å²) in [5.41, 5.74) is 0.631. The molecule has 0 saturated heterocycles. The van der Waals surface area contributed by atoms with Crippen molar-refractivity contribution in [1.29, 1.82) is 0 Å². The van der Waals surface area contributed by atoms with Crippen LogP contribution < -0.4 is 5.32 Å². The SMILES string of the molecule is OCc1cccc(CNc2ccc(C(F)(F)F)nn2)c1. The zero-order valence-corrected chi connectivity index (χ0v) is 10.4. The van der Waals surface area contributed by atoms with Crippen LogP contribution in [0.5, 0.6) is 0 Å². The third-order valence-electron chi connectivity index (χ3n) is 2.60. The van der Waals surface area contributed by atoms with Gasteiger partial charge in [0, 0.05) is 6.54 Å². The van der Waals surface area contributed by atoms with Crippen LogP contribution >= 0.6 is 0 Å². The van der Waals surface area contributed by atoms with E-state index in [4.69, 9.17) is 5.11 Å². The molecule has 0 atom stereocenters. The van der Waals surface area contributed by atoms with Crippen molar-refractivity contribution in [2.75, 3.05) is 5.32 Å². The van der Waals surface area contributed by atoms with E-state index in [1.165, 1.54) is 6.07 Å². The van der Waals surface area contributed by atoms with Gasteiger partial charge in [0.25, 0.3) is 0 Å². The first-order valence-corrected chi connectivity index (χ1v) is 5.82. The highest BCUT2D eigenvalue weighted by Crippen LogP contribution is 2.27. The van der Waals surface area contributed by atoms with E-state index >= 15 is 0 Å².